The Labute approximate surface area is 162 Å². The van der Waals surface area contributed by atoms with E-state index in [-0.39, 0.29) is 5.91 Å². The molecule has 0 aliphatic heterocycles. The topological polar surface area (TPSA) is 84.5 Å². The number of benzene rings is 2. The molecule has 26 heavy (non-hydrogen) atoms. The smallest absolute Gasteiger partial charge is 0.229 e. The summed E-state index contributed by atoms with van der Waals surface area (Å²) in [6.45, 7) is 0. The van der Waals surface area contributed by atoms with Crippen molar-refractivity contribution < 1.29 is 17.9 Å². The van der Waals surface area contributed by atoms with Gasteiger partial charge in [-0.15, -0.1) is 11.8 Å². The van der Waals surface area contributed by atoms with Gasteiger partial charge in [0.25, 0.3) is 0 Å². The maximum atomic E-state index is 12.1. The Balaban J connectivity index is 1.90. The Bertz CT molecular complexity index is 871. The SMILES string of the molecule is COc1cc(NC(=O)CCSc2ccc(Cl)cc2)ccc1NS(C)(=O)=O. The fourth-order valence-corrected chi connectivity index (χ4v) is 3.61. The molecular formula is C17H19ClN2O4S2. The first-order chi connectivity index (χ1) is 12.3. The number of amides is 1. The molecule has 0 unspecified atom stereocenters. The lowest BCUT2D eigenvalue weighted by atomic mass is 10.2. The summed E-state index contributed by atoms with van der Waals surface area (Å²) in [6.07, 6.45) is 1.39. The van der Waals surface area contributed by atoms with Gasteiger partial charge < -0.3 is 10.1 Å². The van der Waals surface area contributed by atoms with Crippen molar-refractivity contribution in [3.05, 3.63) is 47.5 Å². The number of halogens is 1. The van der Waals surface area contributed by atoms with Crippen molar-refractivity contribution in [1.82, 2.24) is 0 Å². The van der Waals surface area contributed by atoms with Crippen molar-refractivity contribution >= 4 is 50.7 Å². The van der Waals surface area contributed by atoms with Gasteiger partial charge in [0, 0.05) is 33.8 Å². The van der Waals surface area contributed by atoms with E-state index in [4.69, 9.17) is 16.3 Å². The first-order valence-corrected chi connectivity index (χ1v) is 10.9. The number of anilines is 2. The highest BCUT2D eigenvalue weighted by atomic mass is 35.5. The summed E-state index contributed by atoms with van der Waals surface area (Å²) in [7, 11) is -1.99. The Hall–Kier alpha value is -1.90. The van der Waals surface area contributed by atoms with Crippen molar-refractivity contribution in [2.24, 2.45) is 0 Å². The van der Waals surface area contributed by atoms with Crippen molar-refractivity contribution in [1.29, 1.82) is 0 Å². The van der Waals surface area contributed by atoms with Crippen LogP contribution in [0.2, 0.25) is 5.02 Å². The molecule has 140 valence electrons. The standard InChI is InChI=1S/C17H19ClN2O4S2/c1-24-16-11-13(5-8-15(16)20-26(2,22)23)19-17(21)9-10-25-14-6-3-12(18)4-7-14/h3-8,11,20H,9-10H2,1-2H3,(H,19,21). The lowest BCUT2D eigenvalue weighted by molar-refractivity contribution is -0.115. The second kappa shape index (κ2) is 9.16. The summed E-state index contributed by atoms with van der Waals surface area (Å²) in [4.78, 5) is 13.1. The monoisotopic (exact) mass is 414 g/mol. The predicted octanol–water partition coefficient (Wildman–Crippen LogP) is 3.84. The average Bonchev–Trinajstić information content (AvgIpc) is 2.57. The number of methoxy groups -OCH3 is 1. The van der Waals surface area contributed by atoms with Gasteiger partial charge in [0.15, 0.2) is 0 Å². The fraction of sp³-hybridized carbons (Fsp3) is 0.235. The van der Waals surface area contributed by atoms with Crippen LogP contribution in [0.1, 0.15) is 6.42 Å². The Morgan fingerprint density at radius 3 is 2.50 bits per heavy atom. The van der Waals surface area contributed by atoms with Crippen LogP contribution in [0.15, 0.2) is 47.4 Å². The molecule has 0 fully saturated rings. The number of hydrogen-bond donors (Lipinski definition) is 2. The van der Waals surface area contributed by atoms with Gasteiger partial charge in [-0.25, -0.2) is 8.42 Å². The summed E-state index contributed by atoms with van der Waals surface area (Å²) in [5, 5.41) is 3.45. The quantitative estimate of drug-likeness (QED) is 0.641. The molecule has 6 nitrogen and oxygen atoms in total. The van der Waals surface area contributed by atoms with Gasteiger partial charge in [-0.3, -0.25) is 9.52 Å². The fourth-order valence-electron chi connectivity index (χ4n) is 2.07. The van der Waals surface area contributed by atoms with E-state index in [1.54, 1.807) is 23.9 Å². The van der Waals surface area contributed by atoms with E-state index in [2.05, 4.69) is 10.0 Å². The first-order valence-electron chi connectivity index (χ1n) is 7.61. The lowest BCUT2D eigenvalue weighted by Gasteiger charge is -2.12. The maximum Gasteiger partial charge on any atom is 0.229 e. The number of thioether (sulfide) groups is 1. The molecule has 2 rings (SSSR count). The highest BCUT2D eigenvalue weighted by Crippen LogP contribution is 2.29. The van der Waals surface area contributed by atoms with E-state index in [1.807, 2.05) is 24.3 Å². The Kier molecular flexibility index (Phi) is 7.19. The normalized spacial score (nSPS) is 11.0. The van der Waals surface area contributed by atoms with Crippen LogP contribution in [0.5, 0.6) is 5.75 Å². The minimum absolute atomic E-state index is 0.141. The molecule has 0 bridgehead atoms. The maximum absolute atomic E-state index is 12.1. The second-order valence-corrected chi connectivity index (χ2v) is 8.74. The number of sulfonamides is 1. The lowest BCUT2D eigenvalue weighted by Crippen LogP contribution is -2.13. The largest absolute Gasteiger partial charge is 0.494 e. The third-order valence-electron chi connectivity index (χ3n) is 3.19. The molecule has 2 aromatic rings. The molecule has 0 spiro atoms. The summed E-state index contributed by atoms with van der Waals surface area (Å²) in [5.41, 5.74) is 0.841. The third-order valence-corrected chi connectivity index (χ3v) is 5.05. The van der Waals surface area contributed by atoms with Gasteiger partial charge >= 0.3 is 0 Å². The summed E-state index contributed by atoms with van der Waals surface area (Å²) in [5.74, 6) is 0.805. The van der Waals surface area contributed by atoms with E-state index in [0.29, 0.717) is 34.3 Å². The van der Waals surface area contributed by atoms with Gasteiger partial charge in [0.1, 0.15) is 5.75 Å². The van der Waals surface area contributed by atoms with Crippen molar-refractivity contribution in [3.8, 4) is 5.75 Å². The predicted molar refractivity (Wildman–Crippen MR) is 107 cm³/mol. The summed E-state index contributed by atoms with van der Waals surface area (Å²) < 4.78 is 30.2. The summed E-state index contributed by atoms with van der Waals surface area (Å²) >= 11 is 7.40. The highest BCUT2D eigenvalue weighted by molar-refractivity contribution is 7.99. The number of rotatable bonds is 8. The molecular weight excluding hydrogens is 396 g/mol. The van der Waals surface area contributed by atoms with E-state index < -0.39 is 10.0 Å². The van der Waals surface area contributed by atoms with Gasteiger partial charge in [-0.1, -0.05) is 11.6 Å². The van der Waals surface area contributed by atoms with Crippen molar-refractivity contribution in [2.75, 3.05) is 29.2 Å². The van der Waals surface area contributed by atoms with Crippen molar-refractivity contribution in [2.45, 2.75) is 11.3 Å². The molecule has 2 aromatic carbocycles. The van der Waals surface area contributed by atoms with E-state index in [1.165, 1.54) is 13.2 Å². The molecule has 1 amide bonds. The Morgan fingerprint density at radius 2 is 1.88 bits per heavy atom. The number of hydrogen-bond acceptors (Lipinski definition) is 5. The van der Waals surface area contributed by atoms with E-state index in [0.717, 1.165) is 11.2 Å². The van der Waals surface area contributed by atoms with Crippen LogP contribution in [0.25, 0.3) is 0 Å². The molecule has 9 heteroatoms. The number of carbonyl (C=O) groups excluding carboxylic acids is 1. The van der Waals surface area contributed by atoms with Crippen LogP contribution >= 0.6 is 23.4 Å². The van der Waals surface area contributed by atoms with Gasteiger partial charge in [0.05, 0.1) is 19.1 Å². The zero-order valence-corrected chi connectivity index (χ0v) is 16.7. The van der Waals surface area contributed by atoms with Gasteiger partial charge in [-0.05, 0) is 36.4 Å². The molecule has 0 heterocycles. The average molecular weight is 415 g/mol. The minimum Gasteiger partial charge on any atom is -0.494 e. The number of carbonyl (C=O) groups is 1. The zero-order valence-electron chi connectivity index (χ0n) is 14.3. The van der Waals surface area contributed by atoms with Crippen LogP contribution in [0.3, 0.4) is 0 Å². The molecule has 0 atom stereocenters. The molecule has 0 saturated carbocycles. The molecule has 0 saturated heterocycles. The number of nitrogens with one attached hydrogen (secondary N) is 2. The minimum atomic E-state index is -3.42. The molecule has 0 aliphatic rings. The van der Waals surface area contributed by atoms with Crippen LogP contribution in [0.4, 0.5) is 11.4 Å². The molecule has 0 radical (unpaired) electrons. The Morgan fingerprint density at radius 1 is 1.19 bits per heavy atom. The van der Waals surface area contributed by atoms with Crippen LogP contribution in [-0.2, 0) is 14.8 Å². The van der Waals surface area contributed by atoms with Crippen LogP contribution < -0.4 is 14.8 Å². The van der Waals surface area contributed by atoms with Crippen LogP contribution in [0, 0.1) is 0 Å². The molecule has 0 aliphatic carbocycles. The van der Waals surface area contributed by atoms with Crippen molar-refractivity contribution in [3.63, 3.8) is 0 Å². The highest BCUT2D eigenvalue weighted by Gasteiger charge is 2.10. The van der Waals surface area contributed by atoms with Gasteiger partial charge in [0.2, 0.25) is 15.9 Å². The number of ether oxygens (including phenoxy) is 1. The van der Waals surface area contributed by atoms with Crippen LogP contribution in [-0.4, -0.2) is 33.4 Å². The molecule has 0 aromatic heterocycles. The zero-order chi connectivity index (χ0) is 19.2. The third kappa shape index (κ3) is 6.78. The molecule has 2 N–H and O–H groups in total. The summed E-state index contributed by atoms with van der Waals surface area (Å²) in [6, 6.07) is 12.1. The first kappa shape index (κ1) is 20.4. The van der Waals surface area contributed by atoms with Gasteiger partial charge in [-0.2, -0.15) is 0 Å². The van der Waals surface area contributed by atoms with E-state index in [9.17, 15) is 13.2 Å². The van der Waals surface area contributed by atoms with E-state index >= 15 is 0 Å². The second-order valence-electron chi connectivity index (χ2n) is 5.39.